The van der Waals surface area contributed by atoms with Gasteiger partial charge in [-0.15, -0.1) is 11.3 Å². The second-order valence-corrected chi connectivity index (χ2v) is 5.74. The molecule has 0 aliphatic heterocycles. The maximum Gasteiger partial charge on any atom is 0.339 e. The molecule has 8 heteroatoms. The molecule has 5 nitrogen and oxygen atoms in total. The van der Waals surface area contributed by atoms with Crippen molar-refractivity contribution in [2.24, 2.45) is 0 Å². The third-order valence-corrected chi connectivity index (χ3v) is 3.80. The van der Waals surface area contributed by atoms with Crippen LogP contribution in [-0.4, -0.2) is 16.9 Å². The minimum Gasteiger partial charge on any atom is -0.456 e. The first-order valence-corrected chi connectivity index (χ1v) is 7.47. The summed E-state index contributed by atoms with van der Waals surface area (Å²) in [5.41, 5.74) is 0.754. The summed E-state index contributed by atoms with van der Waals surface area (Å²) in [6.45, 7) is 1.35. The van der Waals surface area contributed by atoms with Crippen molar-refractivity contribution in [3.8, 4) is 0 Å². The predicted octanol–water partition coefficient (Wildman–Crippen LogP) is 3.36. The molecule has 1 heterocycles. The smallest absolute Gasteiger partial charge is 0.339 e. The van der Waals surface area contributed by atoms with Crippen molar-refractivity contribution in [2.75, 3.05) is 5.32 Å². The van der Waals surface area contributed by atoms with Gasteiger partial charge in [0.25, 0.3) is 0 Å². The number of hydrogen-bond acceptors (Lipinski definition) is 5. The Morgan fingerprint density at radius 1 is 1.48 bits per heavy atom. The average Bonchev–Trinajstić information content (AvgIpc) is 2.82. The van der Waals surface area contributed by atoms with Gasteiger partial charge in [0.2, 0.25) is 5.91 Å². The second kappa shape index (κ2) is 6.77. The molecular weight excluding hydrogens is 363 g/mol. The van der Waals surface area contributed by atoms with E-state index in [-0.39, 0.29) is 18.1 Å². The summed E-state index contributed by atoms with van der Waals surface area (Å²) in [6.07, 6.45) is 0. The molecule has 0 saturated carbocycles. The van der Waals surface area contributed by atoms with E-state index >= 15 is 0 Å². The number of nitrogens with one attached hydrogen (secondary N) is 1. The second-order valence-electron chi connectivity index (χ2n) is 4.03. The van der Waals surface area contributed by atoms with E-state index in [1.165, 1.54) is 36.5 Å². The van der Waals surface area contributed by atoms with Gasteiger partial charge in [-0.1, -0.05) is 0 Å². The number of ether oxygens (including phenoxy) is 1. The van der Waals surface area contributed by atoms with Crippen molar-refractivity contribution < 1.29 is 18.7 Å². The van der Waals surface area contributed by atoms with Crippen molar-refractivity contribution in [3.05, 3.63) is 45.1 Å². The number of esters is 1. The van der Waals surface area contributed by atoms with E-state index in [2.05, 4.69) is 26.2 Å². The summed E-state index contributed by atoms with van der Waals surface area (Å²) >= 11 is 4.34. The molecule has 0 bridgehead atoms. The number of benzene rings is 1. The van der Waals surface area contributed by atoms with E-state index in [0.717, 1.165) is 0 Å². The average molecular weight is 373 g/mol. The number of halogens is 2. The van der Waals surface area contributed by atoms with Crippen LogP contribution < -0.4 is 5.32 Å². The van der Waals surface area contributed by atoms with Crippen LogP contribution in [-0.2, 0) is 16.1 Å². The number of anilines is 1. The molecule has 1 N–H and O–H groups in total. The lowest BCUT2D eigenvalue weighted by atomic mass is 10.2. The molecule has 0 aliphatic rings. The lowest BCUT2D eigenvalue weighted by Gasteiger charge is -2.05. The zero-order valence-electron chi connectivity index (χ0n) is 10.9. The van der Waals surface area contributed by atoms with Crippen molar-refractivity contribution in [2.45, 2.75) is 13.5 Å². The van der Waals surface area contributed by atoms with Crippen molar-refractivity contribution in [1.29, 1.82) is 0 Å². The number of amides is 1. The zero-order valence-corrected chi connectivity index (χ0v) is 13.3. The summed E-state index contributed by atoms with van der Waals surface area (Å²) in [6, 6.07) is 3.71. The summed E-state index contributed by atoms with van der Waals surface area (Å²) < 4.78 is 18.4. The highest BCUT2D eigenvalue weighted by molar-refractivity contribution is 9.10. The van der Waals surface area contributed by atoms with Gasteiger partial charge < -0.3 is 10.1 Å². The first-order chi connectivity index (χ1) is 9.95. The van der Waals surface area contributed by atoms with Gasteiger partial charge in [0.1, 0.15) is 12.4 Å². The lowest BCUT2D eigenvalue weighted by Crippen LogP contribution is -2.07. The molecule has 1 amide bonds. The number of thiazole rings is 1. The Morgan fingerprint density at radius 2 is 2.24 bits per heavy atom. The van der Waals surface area contributed by atoms with Gasteiger partial charge >= 0.3 is 5.97 Å². The number of rotatable bonds is 4. The maximum atomic E-state index is 12.9. The Labute approximate surface area is 132 Å². The zero-order chi connectivity index (χ0) is 15.4. The van der Waals surface area contributed by atoms with Gasteiger partial charge in [-0.25, -0.2) is 14.2 Å². The van der Waals surface area contributed by atoms with E-state index in [0.29, 0.717) is 15.3 Å². The largest absolute Gasteiger partial charge is 0.456 e. The number of carbonyl (C=O) groups excluding carboxylic acids is 2. The molecule has 2 rings (SSSR count). The highest BCUT2D eigenvalue weighted by atomic mass is 79.9. The standard InChI is InChI=1S/C13H10BrFN2O3S/c1-7(18)16-13-17-9(6-21-13)5-20-12(19)10-3-2-8(15)4-11(10)14/h2-4,6H,5H2,1H3,(H,16,17,18). The van der Waals surface area contributed by atoms with Crippen LogP contribution in [0.4, 0.5) is 9.52 Å². The molecule has 1 aromatic heterocycles. The fourth-order valence-corrected chi connectivity index (χ4v) is 2.71. The molecule has 1 aromatic carbocycles. The fourth-order valence-electron chi connectivity index (χ4n) is 1.45. The first-order valence-electron chi connectivity index (χ1n) is 5.80. The highest BCUT2D eigenvalue weighted by Gasteiger charge is 2.13. The Hall–Kier alpha value is -1.80. The quantitative estimate of drug-likeness (QED) is 0.835. The van der Waals surface area contributed by atoms with Gasteiger partial charge in [-0.2, -0.15) is 0 Å². The van der Waals surface area contributed by atoms with Gasteiger partial charge in [0.15, 0.2) is 5.13 Å². The van der Waals surface area contributed by atoms with Crippen LogP contribution in [0.5, 0.6) is 0 Å². The Balaban J connectivity index is 1.97. The maximum absolute atomic E-state index is 12.9. The van der Waals surface area contributed by atoms with Crippen molar-refractivity contribution >= 4 is 44.3 Å². The number of nitrogens with zero attached hydrogens (tertiary/aromatic N) is 1. The lowest BCUT2D eigenvalue weighted by molar-refractivity contribution is -0.114. The van der Waals surface area contributed by atoms with Crippen LogP contribution >= 0.6 is 27.3 Å². The Kier molecular flexibility index (Phi) is 5.03. The van der Waals surface area contributed by atoms with Crippen LogP contribution in [0.2, 0.25) is 0 Å². The van der Waals surface area contributed by atoms with Crippen LogP contribution in [0.1, 0.15) is 23.0 Å². The van der Waals surface area contributed by atoms with Crippen molar-refractivity contribution in [3.63, 3.8) is 0 Å². The third kappa shape index (κ3) is 4.33. The number of carbonyl (C=O) groups is 2. The molecule has 2 aromatic rings. The fraction of sp³-hybridized carbons (Fsp3) is 0.154. The molecule has 0 spiro atoms. The van der Waals surface area contributed by atoms with Gasteiger partial charge in [-0.05, 0) is 34.1 Å². The Bertz CT molecular complexity index is 690. The molecule has 0 atom stereocenters. The van der Waals surface area contributed by atoms with Gasteiger partial charge in [0.05, 0.1) is 11.3 Å². The molecule has 110 valence electrons. The van der Waals surface area contributed by atoms with Crippen LogP contribution in [0.15, 0.2) is 28.1 Å². The summed E-state index contributed by atoms with van der Waals surface area (Å²) in [7, 11) is 0. The van der Waals surface area contributed by atoms with Crippen molar-refractivity contribution in [1.82, 2.24) is 4.98 Å². The summed E-state index contributed by atoms with van der Waals surface area (Å²) in [4.78, 5) is 26.8. The summed E-state index contributed by atoms with van der Waals surface area (Å²) in [5.74, 6) is -1.25. The Morgan fingerprint density at radius 3 is 2.90 bits per heavy atom. The van der Waals surface area contributed by atoms with E-state index in [9.17, 15) is 14.0 Å². The minimum atomic E-state index is -0.587. The molecule has 0 fully saturated rings. The van der Waals surface area contributed by atoms with Gasteiger partial charge in [-0.3, -0.25) is 4.79 Å². The van der Waals surface area contributed by atoms with E-state index < -0.39 is 11.8 Å². The first kappa shape index (κ1) is 15.6. The normalized spacial score (nSPS) is 10.2. The third-order valence-electron chi connectivity index (χ3n) is 2.34. The molecular formula is C13H10BrFN2O3S. The van der Waals surface area contributed by atoms with E-state index in [4.69, 9.17) is 4.74 Å². The van der Waals surface area contributed by atoms with Crippen LogP contribution in [0, 0.1) is 5.82 Å². The number of hydrogen-bond donors (Lipinski definition) is 1. The topological polar surface area (TPSA) is 68.3 Å². The molecule has 21 heavy (non-hydrogen) atoms. The molecule has 0 unspecified atom stereocenters. The SMILES string of the molecule is CC(=O)Nc1nc(COC(=O)c2ccc(F)cc2Br)cs1. The predicted molar refractivity (Wildman–Crippen MR) is 79.6 cm³/mol. The molecule has 0 radical (unpaired) electrons. The van der Waals surface area contributed by atoms with Gasteiger partial charge in [0, 0.05) is 16.8 Å². The minimum absolute atomic E-state index is 0.0290. The van der Waals surface area contributed by atoms with Crippen LogP contribution in [0.3, 0.4) is 0 Å². The van der Waals surface area contributed by atoms with E-state index in [1.54, 1.807) is 5.38 Å². The molecule has 0 aliphatic carbocycles. The number of aromatic nitrogens is 1. The van der Waals surface area contributed by atoms with Crippen LogP contribution in [0.25, 0.3) is 0 Å². The molecule has 0 saturated heterocycles. The van der Waals surface area contributed by atoms with E-state index in [1.807, 2.05) is 0 Å². The monoisotopic (exact) mass is 372 g/mol. The highest BCUT2D eigenvalue weighted by Crippen LogP contribution is 2.20. The summed E-state index contributed by atoms with van der Waals surface area (Å²) in [5, 5.41) is 4.66.